The van der Waals surface area contributed by atoms with Crippen molar-refractivity contribution in [1.29, 1.82) is 5.26 Å². The summed E-state index contributed by atoms with van der Waals surface area (Å²) in [5.74, 6) is 1.52. The third-order valence-electron chi connectivity index (χ3n) is 4.64. The number of aryl methyl sites for hydroxylation is 1. The molecule has 0 bridgehead atoms. The molecule has 0 atom stereocenters. The summed E-state index contributed by atoms with van der Waals surface area (Å²) in [6.45, 7) is 0.631. The topological polar surface area (TPSA) is 101 Å². The van der Waals surface area contributed by atoms with Crippen LogP contribution in [-0.2, 0) is 13.6 Å². The molecule has 8 heteroatoms. The van der Waals surface area contributed by atoms with E-state index < -0.39 is 0 Å². The molecule has 1 aliphatic rings. The zero-order valence-corrected chi connectivity index (χ0v) is 15.5. The number of nitrogens with one attached hydrogen (secondary N) is 1. The second-order valence-electron chi connectivity index (χ2n) is 6.54. The van der Waals surface area contributed by atoms with E-state index in [1.807, 2.05) is 43.4 Å². The van der Waals surface area contributed by atoms with Gasteiger partial charge in [-0.15, -0.1) is 5.10 Å². The Labute approximate surface area is 166 Å². The molecular weight excluding hydrogens is 366 g/mol. The number of nitrogens with zero attached hydrogens (tertiary/aromatic N) is 6. The van der Waals surface area contributed by atoms with Gasteiger partial charge in [0, 0.05) is 30.6 Å². The summed E-state index contributed by atoms with van der Waals surface area (Å²) in [4.78, 5) is 13.1. The Bertz CT molecular complexity index is 1320. The molecule has 1 N–H and O–H groups in total. The van der Waals surface area contributed by atoms with Gasteiger partial charge in [-0.3, -0.25) is 14.7 Å². The van der Waals surface area contributed by atoms with Gasteiger partial charge in [0.15, 0.2) is 5.84 Å². The zero-order chi connectivity index (χ0) is 19.8. The average Bonchev–Trinajstić information content (AvgIpc) is 3.29. The lowest BCUT2D eigenvalue weighted by molar-refractivity contribution is 0.441. The number of nitriles is 1. The fraction of sp³-hybridized carbons (Fsp3) is 0.0952. The van der Waals surface area contributed by atoms with Gasteiger partial charge in [-0.2, -0.15) is 5.26 Å². The summed E-state index contributed by atoms with van der Waals surface area (Å²) in [5, 5.41) is 17.6. The van der Waals surface area contributed by atoms with Gasteiger partial charge in [0.25, 0.3) is 0 Å². The van der Waals surface area contributed by atoms with Crippen molar-refractivity contribution in [2.45, 2.75) is 6.54 Å². The Morgan fingerprint density at radius 1 is 1.17 bits per heavy atom. The number of hydrogen-bond acceptors (Lipinski definition) is 7. The molecule has 0 amide bonds. The first-order chi connectivity index (χ1) is 14.2. The van der Waals surface area contributed by atoms with Crippen molar-refractivity contribution in [2.75, 3.05) is 5.32 Å². The number of benzene rings is 1. The standard InChI is InChI=1S/C21H15N7O/c1-28-17-10-14(26-20-19-13(12-24-20)4-3-9-23-19)7-8-16(17)21(27-28)29-18-6-2-5-15(11-22)25-18/h2-10H,12H2,1H3,(H,24,26). The fourth-order valence-electron chi connectivity index (χ4n) is 3.26. The van der Waals surface area contributed by atoms with Crippen molar-refractivity contribution in [2.24, 2.45) is 12.0 Å². The van der Waals surface area contributed by atoms with Crippen molar-refractivity contribution in [3.8, 4) is 17.8 Å². The lowest BCUT2D eigenvalue weighted by Gasteiger charge is -2.07. The van der Waals surface area contributed by atoms with Crippen molar-refractivity contribution in [1.82, 2.24) is 19.7 Å². The van der Waals surface area contributed by atoms with E-state index in [4.69, 9.17) is 10.00 Å². The van der Waals surface area contributed by atoms with Crippen molar-refractivity contribution >= 4 is 22.4 Å². The predicted molar refractivity (Wildman–Crippen MR) is 108 cm³/mol. The van der Waals surface area contributed by atoms with E-state index in [0.29, 0.717) is 24.0 Å². The third-order valence-corrected chi connectivity index (χ3v) is 4.64. The van der Waals surface area contributed by atoms with E-state index in [1.165, 1.54) is 0 Å². The Morgan fingerprint density at radius 3 is 3.00 bits per heavy atom. The quantitative estimate of drug-likeness (QED) is 0.584. The Morgan fingerprint density at radius 2 is 2.10 bits per heavy atom. The fourth-order valence-corrected chi connectivity index (χ4v) is 3.26. The maximum absolute atomic E-state index is 9.00. The van der Waals surface area contributed by atoms with Gasteiger partial charge < -0.3 is 10.1 Å². The molecule has 3 aromatic heterocycles. The highest BCUT2D eigenvalue weighted by Gasteiger charge is 2.18. The monoisotopic (exact) mass is 381 g/mol. The molecule has 0 fully saturated rings. The SMILES string of the molecule is Cn1nc(Oc2cccc(C#N)n2)c2ccc(NC3=NCc4cccnc43)cc21. The lowest BCUT2D eigenvalue weighted by atomic mass is 10.2. The smallest absolute Gasteiger partial charge is 0.247 e. The number of rotatable bonds is 3. The van der Waals surface area contributed by atoms with Gasteiger partial charge in [0.05, 0.1) is 17.4 Å². The molecule has 140 valence electrons. The van der Waals surface area contributed by atoms with Gasteiger partial charge in [0.2, 0.25) is 11.8 Å². The number of aliphatic imine (C=N–C) groups is 1. The van der Waals surface area contributed by atoms with Crippen LogP contribution in [0.25, 0.3) is 10.9 Å². The van der Waals surface area contributed by atoms with Gasteiger partial charge in [-0.25, -0.2) is 4.98 Å². The summed E-state index contributed by atoms with van der Waals surface area (Å²) in [7, 11) is 1.85. The van der Waals surface area contributed by atoms with Crippen LogP contribution in [0.3, 0.4) is 0 Å². The van der Waals surface area contributed by atoms with E-state index in [-0.39, 0.29) is 0 Å². The molecule has 0 saturated carbocycles. The van der Waals surface area contributed by atoms with Gasteiger partial charge in [-0.1, -0.05) is 12.1 Å². The molecule has 0 spiro atoms. The number of ether oxygens (including phenoxy) is 1. The second-order valence-corrected chi connectivity index (χ2v) is 6.54. The highest BCUT2D eigenvalue weighted by molar-refractivity contribution is 6.09. The van der Waals surface area contributed by atoms with E-state index in [2.05, 4.69) is 25.4 Å². The average molecular weight is 381 g/mol. The number of amidine groups is 1. The van der Waals surface area contributed by atoms with Crippen LogP contribution in [0, 0.1) is 11.3 Å². The van der Waals surface area contributed by atoms with Gasteiger partial charge in [-0.05, 0) is 30.3 Å². The minimum absolute atomic E-state index is 0.292. The first-order valence-corrected chi connectivity index (χ1v) is 8.99. The zero-order valence-electron chi connectivity index (χ0n) is 15.5. The Kier molecular flexibility index (Phi) is 3.92. The number of anilines is 1. The maximum Gasteiger partial charge on any atom is 0.247 e. The van der Waals surface area contributed by atoms with Crippen LogP contribution in [0.1, 0.15) is 17.0 Å². The van der Waals surface area contributed by atoms with E-state index in [0.717, 1.165) is 33.7 Å². The predicted octanol–water partition coefficient (Wildman–Crippen LogP) is 3.40. The van der Waals surface area contributed by atoms with Crippen LogP contribution in [0.4, 0.5) is 5.69 Å². The first-order valence-electron chi connectivity index (χ1n) is 8.99. The molecule has 8 nitrogen and oxygen atoms in total. The van der Waals surface area contributed by atoms with Crippen molar-refractivity contribution in [3.05, 3.63) is 71.7 Å². The minimum Gasteiger partial charge on any atom is -0.418 e. The molecular formula is C21H15N7O. The van der Waals surface area contributed by atoms with E-state index in [1.54, 1.807) is 29.1 Å². The molecule has 1 aliphatic heterocycles. The first kappa shape index (κ1) is 16.9. The van der Waals surface area contributed by atoms with Gasteiger partial charge >= 0.3 is 0 Å². The van der Waals surface area contributed by atoms with Crippen LogP contribution in [0.2, 0.25) is 0 Å². The van der Waals surface area contributed by atoms with Gasteiger partial charge in [0.1, 0.15) is 17.5 Å². The highest BCUT2D eigenvalue weighted by Crippen LogP contribution is 2.30. The van der Waals surface area contributed by atoms with Crippen LogP contribution in [-0.4, -0.2) is 25.6 Å². The van der Waals surface area contributed by atoms with E-state index in [9.17, 15) is 0 Å². The maximum atomic E-state index is 9.00. The number of fused-ring (bicyclic) bond motifs is 2. The summed E-state index contributed by atoms with van der Waals surface area (Å²) in [5.41, 5.74) is 4.06. The second kappa shape index (κ2) is 6.73. The normalized spacial score (nSPS) is 12.3. The molecule has 1 aromatic carbocycles. The summed E-state index contributed by atoms with van der Waals surface area (Å²) in [6, 6.07) is 16.9. The molecule has 0 aliphatic carbocycles. The summed E-state index contributed by atoms with van der Waals surface area (Å²) < 4.78 is 7.57. The molecule has 29 heavy (non-hydrogen) atoms. The van der Waals surface area contributed by atoms with Crippen LogP contribution >= 0.6 is 0 Å². The molecule has 4 heterocycles. The Hall–Kier alpha value is -4.25. The third kappa shape index (κ3) is 3.04. The van der Waals surface area contributed by atoms with Crippen LogP contribution in [0.5, 0.6) is 11.8 Å². The largest absolute Gasteiger partial charge is 0.418 e. The molecule has 0 unspecified atom stereocenters. The molecule has 0 radical (unpaired) electrons. The number of pyridine rings is 2. The number of hydrogen-bond donors (Lipinski definition) is 1. The van der Waals surface area contributed by atoms with Crippen LogP contribution < -0.4 is 10.1 Å². The van der Waals surface area contributed by atoms with Crippen molar-refractivity contribution < 1.29 is 4.74 Å². The number of aromatic nitrogens is 4. The van der Waals surface area contributed by atoms with Crippen LogP contribution in [0.15, 0.2) is 59.7 Å². The van der Waals surface area contributed by atoms with Crippen molar-refractivity contribution in [3.63, 3.8) is 0 Å². The summed E-state index contributed by atoms with van der Waals surface area (Å²) in [6.07, 6.45) is 1.77. The molecule has 4 aromatic rings. The molecule has 0 saturated heterocycles. The molecule has 5 rings (SSSR count). The summed E-state index contributed by atoms with van der Waals surface area (Å²) >= 11 is 0. The Balaban J connectivity index is 1.45. The lowest BCUT2D eigenvalue weighted by Crippen LogP contribution is -2.13. The highest BCUT2D eigenvalue weighted by atomic mass is 16.5. The van der Waals surface area contributed by atoms with E-state index >= 15 is 0 Å². The minimum atomic E-state index is 0.292.